The second-order valence-electron chi connectivity index (χ2n) is 4.01. The number of benzene rings is 1. The molecule has 1 aromatic heterocycles. The summed E-state index contributed by atoms with van der Waals surface area (Å²) in [6, 6.07) is 9.15. The quantitative estimate of drug-likeness (QED) is 0.763. The minimum atomic E-state index is -0.481. The molecule has 108 valence electrons. The van der Waals surface area contributed by atoms with Crippen LogP contribution in [0.5, 0.6) is 0 Å². The van der Waals surface area contributed by atoms with Gasteiger partial charge in [0.1, 0.15) is 12.4 Å². The normalized spacial score (nSPS) is 9.62. The zero-order valence-corrected chi connectivity index (χ0v) is 11.8. The van der Waals surface area contributed by atoms with Crippen molar-refractivity contribution < 1.29 is 14.3 Å². The third-order valence-electron chi connectivity index (χ3n) is 2.50. The predicted molar refractivity (Wildman–Crippen MR) is 80.5 cm³/mol. The van der Waals surface area contributed by atoms with Gasteiger partial charge in [0, 0.05) is 4.88 Å². The number of nitrogens with one attached hydrogen (secondary N) is 2. The first-order valence-corrected chi connectivity index (χ1v) is 6.98. The standard InChI is InChI=1S/C15H13FN2O2S/c16-13-5-1-2-6-14(13)18-15(20)17-10-12-8-7-11(21-12)4-3-9-19/h1-2,5-8,19H,9-10H2,(H2,17,18,20). The summed E-state index contributed by atoms with van der Waals surface area (Å²) < 4.78 is 13.4. The number of urea groups is 1. The minimum Gasteiger partial charge on any atom is -0.384 e. The molecule has 1 aromatic carbocycles. The smallest absolute Gasteiger partial charge is 0.319 e. The average Bonchev–Trinajstić information content (AvgIpc) is 2.93. The van der Waals surface area contributed by atoms with Gasteiger partial charge in [-0.15, -0.1) is 11.3 Å². The SMILES string of the molecule is O=C(NCc1ccc(C#CCO)s1)Nc1ccccc1F. The van der Waals surface area contributed by atoms with Gasteiger partial charge in [0.2, 0.25) is 0 Å². The van der Waals surface area contributed by atoms with Crippen LogP contribution in [0.15, 0.2) is 36.4 Å². The summed E-state index contributed by atoms with van der Waals surface area (Å²) in [5.74, 6) is 4.87. The van der Waals surface area contributed by atoms with Crippen LogP contribution in [-0.2, 0) is 6.54 Å². The van der Waals surface area contributed by atoms with Gasteiger partial charge in [-0.1, -0.05) is 24.0 Å². The third-order valence-corrected chi connectivity index (χ3v) is 3.50. The van der Waals surface area contributed by atoms with Crippen molar-refractivity contribution in [1.82, 2.24) is 5.32 Å². The van der Waals surface area contributed by atoms with E-state index in [0.717, 1.165) is 9.75 Å². The molecule has 0 spiro atoms. The summed E-state index contributed by atoms with van der Waals surface area (Å²) in [4.78, 5) is 13.4. The van der Waals surface area contributed by atoms with E-state index in [4.69, 9.17) is 5.11 Å². The lowest BCUT2D eigenvalue weighted by molar-refractivity contribution is 0.251. The fraction of sp³-hybridized carbons (Fsp3) is 0.133. The number of aliphatic hydroxyl groups excluding tert-OH is 1. The summed E-state index contributed by atoms with van der Waals surface area (Å²) >= 11 is 1.42. The van der Waals surface area contributed by atoms with Crippen molar-refractivity contribution in [3.63, 3.8) is 0 Å². The Morgan fingerprint density at radius 2 is 2.10 bits per heavy atom. The van der Waals surface area contributed by atoms with Gasteiger partial charge in [-0.05, 0) is 24.3 Å². The van der Waals surface area contributed by atoms with E-state index in [0.29, 0.717) is 6.54 Å². The van der Waals surface area contributed by atoms with E-state index in [1.54, 1.807) is 12.1 Å². The molecular formula is C15H13FN2O2S. The number of anilines is 1. The number of carbonyl (C=O) groups is 1. The molecule has 0 bridgehead atoms. The number of amides is 2. The van der Waals surface area contributed by atoms with Crippen molar-refractivity contribution in [3.05, 3.63) is 52.0 Å². The van der Waals surface area contributed by atoms with E-state index in [1.807, 2.05) is 12.1 Å². The Hall–Kier alpha value is -2.36. The molecule has 2 aromatic rings. The third kappa shape index (κ3) is 4.60. The Morgan fingerprint density at radius 3 is 2.86 bits per heavy atom. The second-order valence-corrected chi connectivity index (χ2v) is 5.18. The number of aliphatic hydroxyl groups is 1. The first kappa shape index (κ1) is 15.0. The highest BCUT2D eigenvalue weighted by Gasteiger charge is 2.06. The van der Waals surface area contributed by atoms with E-state index in [9.17, 15) is 9.18 Å². The molecule has 2 amide bonds. The number of carbonyl (C=O) groups excluding carboxylic acids is 1. The van der Waals surface area contributed by atoms with Crippen molar-refractivity contribution in [2.75, 3.05) is 11.9 Å². The Balaban J connectivity index is 1.87. The highest BCUT2D eigenvalue weighted by atomic mass is 32.1. The molecule has 1 heterocycles. The molecular weight excluding hydrogens is 291 g/mol. The highest BCUT2D eigenvalue weighted by molar-refractivity contribution is 7.12. The molecule has 6 heteroatoms. The Morgan fingerprint density at radius 1 is 1.29 bits per heavy atom. The van der Waals surface area contributed by atoms with E-state index >= 15 is 0 Å². The van der Waals surface area contributed by atoms with Crippen LogP contribution in [0.4, 0.5) is 14.9 Å². The number of hydrogen-bond acceptors (Lipinski definition) is 3. The maximum Gasteiger partial charge on any atom is 0.319 e. The predicted octanol–water partition coefficient (Wildman–Crippen LogP) is 2.55. The average molecular weight is 304 g/mol. The molecule has 21 heavy (non-hydrogen) atoms. The van der Waals surface area contributed by atoms with Gasteiger partial charge in [-0.2, -0.15) is 0 Å². The Labute approximate surface area is 125 Å². The molecule has 0 unspecified atom stereocenters. The first-order valence-electron chi connectivity index (χ1n) is 6.17. The molecule has 2 rings (SSSR count). The molecule has 3 N–H and O–H groups in total. The van der Waals surface area contributed by atoms with Crippen LogP contribution in [0.1, 0.15) is 9.75 Å². The molecule has 0 saturated heterocycles. The Bertz CT molecular complexity index is 688. The van der Waals surface area contributed by atoms with Gasteiger partial charge in [0.15, 0.2) is 0 Å². The zero-order chi connectivity index (χ0) is 15.1. The van der Waals surface area contributed by atoms with E-state index in [2.05, 4.69) is 22.5 Å². The van der Waals surface area contributed by atoms with Crippen LogP contribution in [0.3, 0.4) is 0 Å². The van der Waals surface area contributed by atoms with E-state index in [-0.39, 0.29) is 12.3 Å². The summed E-state index contributed by atoms with van der Waals surface area (Å²) in [7, 11) is 0. The molecule has 0 saturated carbocycles. The van der Waals surface area contributed by atoms with Crippen molar-refractivity contribution in [2.24, 2.45) is 0 Å². The lowest BCUT2D eigenvalue weighted by atomic mass is 10.3. The lowest BCUT2D eigenvalue weighted by Crippen LogP contribution is -2.28. The molecule has 0 aliphatic carbocycles. The number of para-hydroxylation sites is 1. The zero-order valence-electron chi connectivity index (χ0n) is 11.0. The van der Waals surface area contributed by atoms with Crippen molar-refractivity contribution in [2.45, 2.75) is 6.54 Å². The van der Waals surface area contributed by atoms with Crippen molar-refractivity contribution in [1.29, 1.82) is 0 Å². The summed E-state index contributed by atoms with van der Waals surface area (Å²) in [6.45, 7) is 0.141. The fourth-order valence-electron chi connectivity index (χ4n) is 1.56. The molecule has 0 aliphatic heterocycles. The van der Waals surface area contributed by atoms with Gasteiger partial charge in [0.25, 0.3) is 0 Å². The number of halogens is 1. The number of rotatable bonds is 3. The molecule has 0 aliphatic rings. The summed E-state index contributed by atoms with van der Waals surface area (Å²) in [5.41, 5.74) is 0.135. The fourth-order valence-corrected chi connectivity index (χ4v) is 2.39. The van der Waals surface area contributed by atoms with Crippen LogP contribution in [0, 0.1) is 17.7 Å². The van der Waals surface area contributed by atoms with Gasteiger partial charge < -0.3 is 15.7 Å². The molecule has 4 nitrogen and oxygen atoms in total. The largest absolute Gasteiger partial charge is 0.384 e. The summed E-state index contributed by atoms with van der Waals surface area (Å²) in [5, 5.41) is 13.7. The molecule has 0 atom stereocenters. The van der Waals surface area contributed by atoms with Crippen LogP contribution in [0.2, 0.25) is 0 Å². The van der Waals surface area contributed by atoms with Gasteiger partial charge >= 0.3 is 6.03 Å². The summed E-state index contributed by atoms with van der Waals surface area (Å²) in [6.07, 6.45) is 0. The second kappa shape index (κ2) is 7.43. The van der Waals surface area contributed by atoms with Crippen molar-refractivity contribution >= 4 is 23.1 Å². The minimum absolute atomic E-state index is 0.135. The van der Waals surface area contributed by atoms with Gasteiger partial charge in [-0.25, -0.2) is 9.18 Å². The molecule has 0 radical (unpaired) electrons. The molecule has 0 fully saturated rings. The van der Waals surface area contributed by atoms with Crippen LogP contribution >= 0.6 is 11.3 Å². The van der Waals surface area contributed by atoms with Crippen LogP contribution < -0.4 is 10.6 Å². The maximum absolute atomic E-state index is 13.4. The number of hydrogen-bond donors (Lipinski definition) is 3. The topological polar surface area (TPSA) is 61.4 Å². The van der Waals surface area contributed by atoms with Crippen LogP contribution in [0.25, 0.3) is 0 Å². The van der Waals surface area contributed by atoms with Gasteiger partial charge in [-0.3, -0.25) is 0 Å². The number of thiophene rings is 1. The monoisotopic (exact) mass is 304 g/mol. The van der Waals surface area contributed by atoms with E-state index in [1.165, 1.54) is 23.5 Å². The lowest BCUT2D eigenvalue weighted by Gasteiger charge is -2.07. The first-order chi connectivity index (χ1) is 10.2. The maximum atomic E-state index is 13.4. The highest BCUT2D eigenvalue weighted by Crippen LogP contribution is 2.15. The Kier molecular flexibility index (Phi) is 5.32. The van der Waals surface area contributed by atoms with Gasteiger partial charge in [0.05, 0.1) is 17.1 Å². The van der Waals surface area contributed by atoms with E-state index < -0.39 is 11.8 Å². The van der Waals surface area contributed by atoms with Crippen molar-refractivity contribution in [3.8, 4) is 11.8 Å². The van der Waals surface area contributed by atoms with Crippen LogP contribution in [-0.4, -0.2) is 17.7 Å².